The minimum Gasteiger partial charge on any atom is -0.369 e. The molecule has 6 rings (SSSR count). The third-order valence-corrected chi connectivity index (χ3v) is 10.7. The fourth-order valence-corrected chi connectivity index (χ4v) is 8.97. The zero-order valence-corrected chi connectivity index (χ0v) is 19.8. The van der Waals surface area contributed by atoms with Gasteiger partial charge in [0.05, 0.1) is 17.1 Å². The summed E-state index contributed by atoms with van der Waals surface area (Å²) in [5.74, 6) is 3.77. The molecular formula is C25H32N4O2S. The molecule has 32 heavy (non-hydrogen) atoms. The van der Waals surface area contributed by atoms with E-state index in [4.69, 9.17) is 0 Å². The van der Waals surface area contributed by atoms with Crippen molar-refractivity contribution in [2.45, 2.75) is 63.8 Å². The van der Waals surface area contributed by atoms with Crippen molar-refractivity contribution in [3.63, 3.8) is 0 Å². The van der Waals surface area contributed by atoms with Crippen molar-refractivity contribution in [1.82, 2.24) is 14.3 Å². The maximum atomic E-state index is 13.3. The number of hydrogen-bond donors (Lipinski definition) is 1. The maximum Gasteiger partial charge on any atom is 0.243 e. The molecule has 0 amide bonds. The Morgan fingerprint density at radius 2 is 1.94 bits per heavy atom. The van der Waals surface area contributed by atoms with E-state index < -0.39 is 10.0 Å². The van der Waals surface area contributed by atoms with Gasteiger partial charge in [-0.05, 0) is 67.9 Å². The van der Waals surface area contributed by atoms with Crippen molar-refractivity contribution >= 4 is 15.8 Å². The Morgan fingerprint density at radius 1 is 1.16 bits per heavy atom. The molecule has 2 unspecified atom stereocenters. The highest BCUT2D eigenvalue weighted by molar-refractivity contribution is 7.89. The number of aryl methyl sites for hydroxylation is 2. The molecule has 2 aromatic rings. The molecule has 1 aliphatic heterocycles. The Kier molecular flexibility index (Phi) is 4.67. The first kappa shape index (κ1) is 20.6. The Balaban J connectivity index is 1.19. The lowest BCUT2D eigenvalue weighted by Gasteiger charge is -2.70. The summed E-state index contributed by atoms with van der Waals surface area (Å²) < 4.78 is 28.2. The summed E-state index contributed by atoms with van der Waals surface area (Å²) in [6.07, 6.45) is 9.25. The van der Waals surface area contributed by atoms with Gasteiger partial charge in [0, 0.05) is 18.7 Å². The molecule has 3 aliphatic carbocycles. The van der Waals surface area contributed by atoms with Crippen molar-refractivity contribution in [1.29, 1.82) is 0 Å². The van der Waals surface area contributed by atoms with Gasteiger partial charge < -0.3 is 5.32 Å². The van der Waals surface area contributed by atoms with Gasteiger partial charge in [-0.2, -0.15) is 4.31 Å². The monoisotopic (exact) mass is 452 g/mol. The molecule has 0 spiro atoms. The molecule has 0 radical (unpaired) electrons. The van der Waals surface area contributed by atoms with E-state index in [1.165, 1.54) is 32.1 Å². The Bertz CT molecular complexity index is 1160. The highest BCUT2D eigenvalue weighted by atomic mass is 32.2. The van der Waals surface area contributed by atoms with Crippen molar-refractivity contribution < 1.29 is 8.42 Å². The number of nitrogens with one attached hydrogen (secondary N) is 1. The quantitative estimate of drug-likeness (QED) is 0.740. The zero-order valence-electron chi connectivity index (χ0n) is 19.0. The van der Waals surface area contributed by atoms with Gasteiger partial charge in [-0.15, -0.1) is 0 Å². The van der Waals surface area contributed by atoms with Gasteiger partial charge in [0.2, 0.25) is 10.0 Å². The molecule has 2 atom stereocenters. The summed E-state index contributed by atoms with van der Waals surface area (Å²) in [4.78, 5) is 9.42. The average molecular weight is 453 g/mol. The summed E-state index contributed by atoms with van der Waals surface area (Å²) in [5.41, 5.74) is 4.26. The van der Waals surface area contributed by atoms with Crippen LogP contribution in [0.5, 0.6) is 0 Å². The fraction of sp³-hybridized carbons (Fsp3) is 0.600. The van der Waals surface area contributed by atoms with Crippen LogP contribution in [0.1, 0.15) is 54.5 Å². The molecule has 1 N–H and O–H groups in total. The fourth-order valence-electron chi connectivity index (χ4n) is 7.36. The number of sulfonamides is 1. The van der Waals surface area contributed by atoms with E-state index in [0.29, 0.717) is 29.8 Å². The number of fused-ring (bicyclic) bond motifs is 1. The number of hydrogen-bond acceptors (Lipinski definition) is 5. The van der Waals surface area contributed by atoms with Crippen LogP contribution in [-0.2, 0) is 23.0 Å². The Hall–Kier alpha value is -1.99. The molecule has 1 aromatic carbocycles. The van der Waals surface area contributed by atoms with Gasteiger partial charge in [0.1, 0.15) is 12.1 Å². The van der Waals surface area contributed by atoms with E-state index in [-0.39, 0.29) is 0 Å². The number of benzene rings is 1. The molecule has 7 heteroatoms. The second-order valence-corrected chi connectivity index (χ2v) is 12.5. The molecule has 170 valence electrons. The van der Waals surface area contributed by atoms with E-state index in [0.717, 1.165) is 52.5 Å². The molecule has 2 heterocycles. The van der Waals surface area contributed by atoms with E-state index in [1.54, 1.807) is 16.7 Å². The molecule has 0 saturated heterocycles. The van der Waals surface area contributed by atoms with Crippen LogP contribution in [0.15, 0.2) is 29.4 Å². The summed E-state index contributed by atoms with van der Waals surface area (Å²) in [5, 5.41) is 3.67. The van der Waals surface area contributed by atoms with Crippen LogP contribution in [0.3, 0.4) is 0 Å². The van der Waals surface area contributed by atoms with Crippen LogP contribution < -0.4 is 5.32 Å². The highest BCUT2D eigenvalue weighted by Gasteiger charge is 2.65. The number of aromatic nitrogens is 2. The Labute approximate surface area is 190 Å². The van der Waals surface area contributed by atoms with Gasteiger partial charge in [-0.1, -0.05) is 37.0 Å². The molecule has 3 saturated carbocycles. The van der Waals surface area contributed by atoms with Crippen LogP contribution in [0.2, 0.25) is 0 Å². The predicted molar refractivity (Wildman–Crippen MR) is 124 cm³/mol. The summed E-state index contributed by atoms with van der Waals surface area (Å²) in [6.45, 7) is 5.61. The zero-order chi connectivity index (χ0) is 22.1. The second-order valence-electron chi connectivity index (χ2n) is 10.6. The van der Waals surface area contributed by atoms with Crippen molar-refractivity contribution in [3.8, 4) is 0 Å². The SMILES string of the molecule is Cc1ccc(S(=O)(=O)N2CCc3c(ncnc3NCC34CC5CCCC(C3)C54)C2)c(C)c1. The molecule has 6 nitrogen and oxygen atoms in total. The van der Waals surface area contributed by atoms with Gasteiger partial charge in [0.25, 0.3) is 0 Å². The van der Waals surface area contributed by atoms with Crippen molar-refractivity contribution in [3.05, 3.63) is 46.9 Å². The van der Waals surface area contributed by atoms with Crippen LogP contribution in [0, 0.1) is 37.0 Å². The van der Waals surface area contributed by atoms with Crippen molar-refractivity contribution in [2.24, 2.45) is 23.2 Å². The van der Waals surface area contributed by atoms with Crippen LogP contribution in [-0.4, -0.2) is 35.8 Å². The minimum atomic E-state index is -3.55. The summed E-state index contributed by atoms with van der Waals surface area (Å²) in [7, 11) is -3.55. The molecule has 4 aliphatic rings. The lowest BCUT2D eigenvalue weighted by Crippen LogP contribution is -2.65. The standard InChI is InChI=1S/C25H32N4O2S/c1-16-6-7-22(17(2)10-16)32(30,31)29-9-8-20-21(13-29)27-15-28-24(20)26-14-25-11-18-4-3-5-19(12-25)23(18)25/h6-7,10,15,18-19,23H,3-5,8-9,11-14H2,1-2H3,(H,26,27,28). The van der Waals surface area contributed by atoms with Gasteiger partial charge >= 0.3 is 0 Å². The molecule has 3 fully saturated rings. The first-order valence-corrected chi connectivity index (χ1v) is 13.5. The minimum absolute atomic E-state index is 0.306. The van der Waals surface area contributed by atoms with E-state index >= 15 is 0 Å². The third-order valence-electron chi connectivity index (χ3n) is 8.74. The normalized spacial score (nSPS) is 31.1. The van der Waals surface area contributed by atoms with Crippen LogP contribution in [0.4, 0.5) is 5.82 Å². The number of anilines is 1. The number of rotatable bonds is 5. The van der Waals surface area contributed by atoms with Crippen LogP contribution in [0.25, 0.3) is 0 Å². The maximum absolute atomic E-state index is 13.3. The second kappa shape index (κ2) is 7.26. The first-order valence-electron chi connectivity index (χ1n) is 12.0. The van der Waals surface area contributed by atoms with Crippen molar-refractivity contribution in [2.75, 3.05) is 18.4 Å². The summed E-state index contributed by atoms with van der Waals surface area (Å²) in [6, 6.07) is 5.52. The van der Waals surface area contributed by atoms with E-state index in [1.807, 2.05) is 26.0 Å². The lowest BCUT2D eigenvalue weighted by atomic mass is 9.35. The largest absolute Gasteiger partial charge is 0.369 e. The average Bonchev–Trinajstić information content (AvgIpc) is 2.73. The van der Waals surface area contributed by atoms with Gasteiger partial charge in [-0.3, -0.25) is 0 Å². The van der Waals surface area contributed by atoms with Crippen LogP contribution >= 0.6 is 0 Å². The van der Waals surface area contributed by atoms with Gasteiger partial charge in [0.15, 0.2) is 0 Å². The Morgan fingerprint density at radius 3 is 2.69 bits per heavy atom. The molecule has 0 bridgehead atoms. The molecule has 1 aromatic heterocycles. The highest BCUT2D eigenvalue weighted by Crippen LogP contribution is 2.71. The summed E-state index contributed by atoms with van der Waals surface area (Å²) >= 11 is 0. The first-order chi connectivity index (χ1) is 15.4. The number of nitrogens with zero attached hydrogens (tertiary/aromatic N) is 3. The van der Waals surface area contributed by atoms with Gasteiger partial charge in [-0.25, -0.2) is 18.4 Å². The lowest BCUT2D eigenvalue weighted by molar-refractivity contribution is -0.198. The smallest absolute Gasteiger partial charge is 0.243 e. The third kappa shape index (κ3) is 3.04. The molecular weight excluding hydrogens is 420 g/mol. The predicted octanol–water partition coefficient (Wildman–Crippen LogP) is 4.08. The van der Waals surface area contributed by atoms with E-state index in [2.05, 4.69) is 15.3 Å². The topological polar surface area (TPSA) is 75.2 Å². The van der Waals surface area contributed by atoms with E-state index in [9.17, 15) is 8.42 Å².